The van der Waals surface area contributed by atoms with Crippen molar-refractivity contribution in [2.24, 2.45) is 0 Å². The summed E-state index contributed by atoms with van der Waals surface area (Å²) in [5, 5.41) is 0. The van der Waals surface area contributed by atoms with E-state index in [4.69, 9.17) is 0 Å². The number of sulfonamides is 2. The normalized spacial score (nSPS) is 15.5. The first-order valence-corrected chi connectivity index (χ1v) is 10.8. The van der Waals surface area contributed by atoms with Gasteiger partial charge in [0.2, 0.25) is 20.0 Å². The van der Waals surface area contributed by atoms with Gasteiger partial charge in [-0.05, 0) is 31.4 Å². The molecule has 0 atom stereocenters. The predicted molar refractivity (Wildman–Crippen MR) is 89.1 cm³/mol. The van der Waals surface area contributed by atoms with Gasteiger partial charge < -0.3 is 0 Å². The van der Waals surface area contributed by atoms with Crippen LogP contribution in [0.5, 0.6) is 0 Å². The number of hydrogen-bond donors (Lipinski definition) is 1. The summed E-state index contributed by atoms with van der Waals surface area (Å²) in [6.07, 6.45) is 4.08. The largest absolute Gasteiger partial charge is 0.281 e. The highest BCUT2D eigenvalue weighted by atomic mass is 32.2. The summed E-state index contributed by atoms with van der Waals surface area (Å²) in [5.74, 6) is 0.0279. The number of rotatable bonds is 8. The summed E-state index contributed by atoms with van der Waals surface area (Å²) < 4.78 is 52.1. The fraction of sp³-hybridized carbons (Fsp3) is 0.571. The minimum atomic E-state index is -3.48. The van der Waals surface area contributed by atoms with Gasteiger partial charge in [-0.25, -0.2) is 16.8 Å². The van der Waals surface area contributed by atoms with Crippen LogP contribution in [0, 0.1) is 0 Å². The van der Waals surface area contributed by atoms with Crippen molar-refractivity contribution >= 4 is 31.4 Å². The standard InChI is InChI=1S/C14H22N2O4S2/c1-3-4-11-22(19,20)15-13-7-5-6-8-14(13)16(12-9-10-12)21(2,17)18/h5-8,12,15H,3-4,9-11H2,1-2H3. The first kappa shape index (κ1) is 17.1. The lowest BCUT2D eigenvalue weighted by Gasteiger charge is -2.25. The van der Waals surface area contributed by atoms with Crippen LogP contribution >= 0.6 is 0 Å². The predicted octanol–water partition coefficient (Wildman–Crippen LogP) is 2.16. The van der Waals surface area contributed by atoms with Crippen LogP contribution in [0.2, 0.25) is 0 Å². The molecular formula is C14H22N2O4S2. The van der Waals surface area contributed by atoms with Gasteiger partial charge in [0.05, 0.1) is 23.4 Å². The van der Waals surface area contributed by atoms with E-state index in [9.17, 15) is 16.8 Å². The molecule has 1 fully saturated rings. The van der Waals surface area contributed by atoms with Gasteiger partial charge >= 0.3 is 0 Å². The monoisotopic (exact) mass is 346 g/mol. The van der Waals surface area contributed by atoms with Crippen molar-refractivity contribution < 1.29 is 16.8 Å². The highest BCUT2D eigenvalue weighted by molar-refractivity contribution is 7.93. The SMILES string of the molecule is CCCCS(=O)(=O)Nc1ccccc1N(C1CC1)S(C)(=O)=O. The van der Waals surface area contributed by atoms with Crippen molar-refractivity contribution in [1.82, 2.24) is 0 Å². The fourth-order valence-corrected chi connectivity index (χ4v) is 4.81. The summed E-state index contributed by atoms with van der Waals surface area (Å²) in [6, 6.07) is 6.56. The highest BCUT2D eigenvalue weighted by Gasteiger charge is 2.36. The fourth-order valence-electron chi connectivity index (χ4n) is 2.26. The molecule has 6 nitrogen and oxygen atoms in total. The second kappa shape index (κ2) is 6.45. The molecule has 1 N–H and O–H groups in total. The van der Waals surface area contributed by atoms with Crippen LogP contribution in [0.15, 0.2) is 24.3 Å². The third-order valence-corrected chi connectivity index (χ3v) is 5.98. The second-order valence-electron chi connectivity index (χ2n) is 5.58. The molecular weight excluding hydrogens is 324 g/mol. The summed E-state index contributed by atoms with van der Waals surface area (Å²) in [6.45, 7) is 1.92. The molecule has 0 aliphatic heterocycles. The Labute approximate surface area is 132 Å². The lowest BCUT2D eigenvalue weighted by molar-refractivity contribution is 0.594. The summed E-state index contributed by atoms with van der Waals surface area (Å²) in [4.78, 5) is 0. The Kier molecular flexibility index (Phi) is 5.01. The minimum Gasteiger partial charge on any atom is -0.281 e. The highest BCUT2D eigenvalue weighted by Crippen LogP contribution is 2.38. The molecule has 1 aliphatic rings. The van der Waals surface area contributed by atoms with Crippen LogP contribution < -0.4 is 9.03 Å². The van der Waals surface area contributed by atoms with E-state index in [0.29, 0.717) is 17.8 Å². The van der Waals surface area contributed by atoms with Crippen molar-refractivity contribution in [3.05, 3.63) is 24.3 Å². The molecule has 0 spiro atoms. The van der Waals surface area contributed by atoms with E-state index >= 15 is 0 Å². The molecule has 0 heterocycles. The van der Waals surface area contributed by atoms with Gasteiger partial charge in [-0.2, -0.15) is 0 Å². The van der Waals surface area contributed by atoms with Crippen LogP contribution in [0.25, 0.3) is 0 Å². The number of anilines is 2. The molecule has 0 bridgehead atoms. The number of nitrogens with one attached hydrogen (secondary N) is 1. The van der Waals surface area contributed by atoms with Crippen LogP contribution in [-0.4, -0.2) is 34.9 Å². The number of para-hydroxylation sites is 2. The van der Waals surface area contributed by atoms with E-state index in [1.165, 1.54) is 4.31 Å². The molecule has 0 radical (unpaired) electrons. The van der Waals surface area contributed by atoms with E-state index in [1.54, 1.807) is 24.3 Å². The van der Waals surface area contributed by atoms with Crippen LogP contribution in [0.1, 0.15) is 32.6 Å². The van der Waals surface area contributed by atoms with E-state index in [0.717, 1.165) is 25.5 Å². The third-order valence-electron chi connectivity index (χ3n) is 3.41. The third kappa shape index (κ3) is 4.36. The smallest absolute Gasteiger partial charge is 0.232 e. The van der Waals surface area contributed by atoms with Gasteiger partial charge in [-0.15, -0.1) is 0 Å². The topological polar surface area (TPSA) is 83.6 Å². The van der Waals surface area contributed by atoms with Crippen molar-refractivity contribution in [2.75, 3.05) is 21.0 Å². The summed E-state index contributed by atoms with van der Waals surface area (Å²) >= 11 is 0. The van der Waals surface area contributed by atoms with Gasteiger partial charge in [0.25, 0.3) is 0 Å². The van der Waals surface area contributed by atoms with Crippen molar-refractivity contribution in [3.63, 3.8) is 0 Å². The zero-order valence-corrected chi connectivity index (χ0v) is 14.5. The Morgan fingerprint density at radius 2 is 1.82 bits per heavy atom. The Bertz CT molecular complexity index is 725. The Balaban J connectivity index is 2.34. The van der Waals surface area contributed by atoms with Gasteiger partial charge in [0.1, 0.15) is 0 Å². The molecule has 0 aromatic heterocycles. The summed E-state index contributed by atoms with van der Waals surface area (Å²) in [7, 11) is -6.93. The first-order valence-electron chi connectivity index (χ1n) is 7.33. The van der Waals surface area contributed by atoms with Crippen LogP contribution in [0.3, 0.4) is 0 Å². The van der Waals surface area contributed by atoms with Gasteiger partial charge in [-0.3, -0.25) is 9.03 Å². The van der Waals surface area contributed by atoms with Crippen molar-refractivity contribution in [3.8, 4) is 0 Å². The van der Waals surface area contributed by atoms with E-state index < -0.39 is 20.0 Å². The molecule has 22 heavy (non-hydrogen) atoms. The molecule has 1 aromatic rings. The average molecular weight is 346 g/mol. The van der Waals surface area contributed by atoms with Crippen molar-refractivity contribution in [2.45, 2.75) is 38.6 Å². The Morgan fingerprint density at radius 3 is 2.36 bits per heavy atom. The average Bonchev–Trinajstić information content (AvgIpc) is 3.21. The maximum Gasteiger partial charge on any atom is 0.232 e. The molecule has 124 valence electrons. The van der Waals surface area contributed by atoms with E-state index in [2.05, 4.69) is 4.72 Å². The van der Waals surface area contributed by atoms with Crippen molar-refractivity contribution in [1.29, 1.82) is 0 Å². The number of nitrogens with zero attached hydrogens (tertiary/aromatic N) is 1. The molecule has 0 saturated heterocycles. The van der Waals surface area contributed by atoms with Crippen LogP contribution in [-0.2, 0) is 20.0 Å². The van der Waals surface area contributed by atoms with E-state index in [-0.39, 0.29) is 11.8 Å². The first-order chi connectivity index (χ1) is 10.2. The number of benzene rings is 1. The molecule has 1 aliphatic carbocycles. The minimum absolute atomic E-state index is 0.0279. The molecule has 0 amide bonds. The molecule has 1 saturated carbocycles. The number of hydrogen-bond acceptors (Lipinski definition) is 4. The molecule has 2 rings (SSSR count). The quantitative estimate of drug-likeness (QED) is 0.782. The Morgan fingerprint density at radius 1 is 1.18 bits per heavy atom. The number of unbranched alkanes of at least 4 members (excludes halogenated alkanes) is 1. The lowest BCUT2D eigenvalue weighted by atomic mass is 10.2. The Hall–Kier alpha value is -1.28. The molecule has 1 aromatic carbocycles. The zero-order chi connectivity index (χ0) is 16.4. The van der Waals surface area contributed by atoms with Gasteiger partial charge in [0.15, 0.2) is 0 Å². The molecule has 8 heteroatoms. The zero-order valence-electron chi connectivity index (χ0n) is 12.8. The molecule has 0 unspecified atom stereocenters. The summed E-state index contributed by atoms with van der Waals surface area (Å²) in [5.41, 5.74) is 0.712. The van der Waals surface area contributed by atoms with E-state index in [1.807, 2.05) is 6.92 Å². The lowest BCUT2D eigenvalue weighted by Crippen LogP contribution is -2.33. The maximum atomic E-state index is 12.1. The maximum absolute atomic E-state index is 12.1. The van der Waals surface area contributed by atoms with Crippen LogP contribution in [0.4, 0.5) is 11.4 Å². The van der Waals surface area contributed by atoms with Gasteiger partial charge in [-0.1, -0.05) is 25.5 Å². The van der Waals surface area contributed by atoms with Gasteiger partial charge in [0, 0.05) is 6.04 Å². The second-order valence-corrected chi connectivity index (χ2v) is 9.28.